The van der Waals surface area contributed by atoms with E-state index in [0.717, 1.165) is 27.4 Å². The molecule has 18 heavy (non-hydrogen) atoms. The van der Waals surface area contributed by atoms with Crippen LogP contribution in [0.4, 0.5) is 0 Å². The molecule has 0 unspecified atom stereocenters. The standard InChI is InChI=1S/C14H12O3S/c1-15-10-6-9-7-11(13-4-3-5-18-13)17-14(9)12(8-10)16-2/h3-8H,1-2H3. The molecule has 0 fully saturated rings. The number of methoxy groups -OCH3 is 2. The molecule has 0 N–H and O–H groups in total. The van der Waals surface area contributed by atoms with Crippen LogP contribution in [0, 0.1) is 0 Å². The summed E-state index contributed by atoms with van der Waals surface area (Å²) < 4.78 is 16.4. The molecule has 0 bridgehead atoms. The van der Waals surface area contributed by atoms with E-state index >= 15 is 0 Å². The van der Waals surface area contributed by atoms with Crippen LogP contribution in [0.5, 0.6) is 11.5 Å². The summed E-state index contributed by atoms with van der Waals surface area (Å²) in [5.74, 6) is 2.30. The summed E-state index contributed by atoms with van der Waals surface area (Å²) in [6, 6.07) is 9.81. The van der Waals surface area contributed by atoms with Crippen LogP contribution in [0.3, 0.4) is 0 Å². The quantitative estimate of drug-likeness (QED) is 0.708. The van der Waals surface area contributed by atoms with Gasteiger partial charge in [0.2, 0.25) is 0 Å². The maximum atomic E-state index is 5.86. The van der Waals surface area contributed by atoms with Crippen molar-refractivity contribution in [1.29, 1.82) is 0 Å². The Morgan fingerprint density at radius 3 is 2.67 bits per heavy atom. The van der Waals surface area contributed by atoms with Gasteiger partial charge in [0.25, 0.3) is 0 Å². The van der Waals surface area contributed by atoms with E-state index in [2.05, 4.69) is 0 Å². The highest BCUT2D eigenvalue weighted by Gasteiger charge is 2.13. The van der Waals surface area contributed by atoms with Gasteiger partial charge in [-0.2, -0.15) is 0 Å². The molecule has 92 valence electrons. The number of hydrogen-bond donors (Lipinski definition) is 0. The Labute approximate surface area is 109 Å². The van der Waals surface area contributed by atoms with E-state index in [1.54, 1.807) is 25.6 Å². The third kappa shape index (κ3) is 1.75. The van der Waals surface area contributed by atoms with Crippen molar-refractivity contribution >= 4 is 22.3 Å². The fourth-order valence-electron chi connectivity index (χ4n) is 1.90. The molecule has 0 amide bonds. The third-order valence-corrected chi connectivity index (χ3v) is 3.66. The van der Waals surface area contributed by atoms with Crippen molar-refractivity contribution in [3.05, 3.63) is 35.7 Å². The molecule has 0 aliphatic carbocycles. The van der Waals surface area contributed by atoms with Crippen molar-refractivity contribution in [3.63, 3.8) is 0 Å². The Kier molecular flexibility index (Phi) is 2.72. The van der Waals surface area contributed by atoms with Crippen molar-refractivity contribution in [2.24, 2.45) is 0 Å². The average molecular weight is 260 g/mol. The number of thiophene rings is 1. The summed E-state index contributed by atoms with van der Waals surface area (Å²) in [5, 5.41) is 3.01. The van der Waals surface area contributed by atoms with Gasteiger partial charge in [0.15, 0.2) is 11.3 Å². The lowest BCUT2D eigenvalue weighted by Crippen LogP contribution is -1.86. The van der Waals surface area contributed by atoms with Crippen LogP contribution in [0.2, 0.25) is 0 Å². The summed E-state index contributed by atoms with van der Waals surface area (Å²) in [4.78, 5) is 1.10. The van der Waals surface area contributed by atoms with E-state index < -0.39 is 0 Å². The van der Waals surface area contributed by atoms with Crippen molar-refractivity contribution in [3.8, 4) is 22.1 Å². The molecule has 3 nitrogen and oxygen atoms in total. The second kappa shape index (κ2) is 4.38. The largest absolute Gasteiger partial charge is 0.497 e. The predicted molar refractivity (Wildman–Crippen MR) is 72.6 cm³/mol. The van der Waals surface area contributed by atoms with E-state index in [-0.39, 0.29) is 0 Å². The average Bonchev–Trinajstić information content (AvgIpc) is 3.05. The summed E-state index contributed by atoms with van der Waals surface area (Å²) >= 11 is 1.65. The van der Waals surface area contributed by atoms with Gasteiger partial charge < -0.3 is 13.9 Å². The fraction of sp³-hybridized carbons (Fsp3) is 0.143. The normalized spacial score (nSPS) is 10.8. The van der Waals surface area contributed by atoms with E-state index in [9.17, 15) is 0 Å². The van der Waals surface area contributed by atoms with Crippen LogP contribution in [0.1, 0.15) is 0 Å². The minimum atomic E-state index is 0.687. The number of benzene rings is 1. The molecule has 3 aromatic rings. The zero-order valence-electron chi connectivity index (χ0n) is 10.1. The molecule has 0 atom stereocenters. The highest BCUT2D eigenvalue weighted by molar-refractivity contribution is 7.13. The monoisotopic (exact) mass is 260 g/mol. The maximum Gasteiger partial charge on any atom is 0.176 e. The molecule has 1 aromatic carbocycles. The lowest BCUT2D eigenvalue weighted by molar-refractivity contribution is 0.393. The van der Waals surface area contributed by atoms with Crippen LogP contribution in [0.25, 0.3) is 21.6 Å². The molecule has 2 heterocycles. The molecule has 0 saturated heterocycles. The Morgan fingerprint density at radius 1 is 1.11 bits per heavy atom. The van der Waals surface area contributed by atoms with Gasteiger partial charge in [-0.05, 0) is 23.6 Å². The van der Waals surface area contributed by atoms with Crippen LogP contribution in [0.15, 0.2) is 40.1 Å². The van der Waals surface area contributed by atoms with Gasteiger partial charge >= 0.3 is 0 Å². The van der Waals surface area contributed by atoms with Crippen LogP contribution in [-0.2, 0) is 0 Å². The van der Waals surface area contributed by atoms with Gasteiger partial charge in [-0.25, -0.2) is 0 Å². The lowest BCUT2D eigenvalue weighted by atomic mass is 10.2. The smallest absolute Gasteiger partial charge is 0.176 e. The minimum absolute atomic E-state index is 0.687. The second-order valence-corrected chi connectivity index (χ2v) is 4.78. The molecule has 2 aromatic heterocycles. The van der Waals surface area contributed by atoms with Crippen LogP contribution in [-0.4, -0.2) is 14.2 Å². The molecule has 0 aliphatic rings. The van der Waals surface area contributed by atoms with E-state index in [1.807, 2.05) is 35.7 Å². The molecule has 0 spiro atoms. The second-order valence-electron chi connectivity index (χ2n) is 3.84. The predicted octanol–water partition coefficient (Wildman–Crippen LogP) is 4.18. The topological polar surface area (TPSA) is 31.6 Å². The SMILES string of the molecule is COc1cc(OC)c2oc(-c3cccs3)cc2c1. The van der Waals surface area contributed by atoms with Gasteiger partial charge in [-0.1, -0.05) is 6.07 Å². The first kappa shape index (κ1) is 11.2. The van der Waals surface area contributed by atoms with Crippen molar-refractivity contribution in [2.75, 3.05) is 14.2 Å². The molecular weight excluding hydrogens is 248 g/mol. The van der Waals surface area contributed by atoms with Crippen LogP contribution < -0.4 is 9.47 Å². The van der Waals surface area contributed by atoms with Gasteiger partial charge in [-0.3, -0.25) is 0 Å². The number of furan rings is 1. The summed E-state index contributed by atoms with van der Waals surface area (Å²) in [5.41, 5.74) is 0.752. The van der Waals surface area contributed by atoms with Gasteiger partial charge in [-0.15, -0.1) is 11.3 Å². The number of rotatable bonds is 3. The molecule has 0 radical (unpaired) electrons. The number of hydrogen-bond acceptors (Lipinski definition) is 4. The molecule has 0 saturated carbocycles. The van der Waals surface area contributed by atoms with Crippen molar-refractivity contribution in [1.82, 2.24) is 0 Å². The van der Waals surface area contributed by atoms with Gasteiger partial charge in [0.05, 0.1) is 19.1 Å². The Hall–Kier alpha value is -1.94. The number of ether oxygens (including phenoxy) is 2. The van der Waals surface area contributed by atoms with Crippen molar-refractivity contribution in [2.45, 2.75) is 0 Å². The summed E-state index contributed by atoms with van der Waals surface area (Å²) in [6.07, 6.45) is 0. The molecule has 4 heteroatoms. The lowest BCUT2D eigenvalue weighted by Gasteiger charge is -2.03. The zero-order chi connectivity index (χ0) is 12.5. The molecular formula is C14H12O3S. The highest BCUT2D eigenvalue weighted by atomic mass is 32.1. The zero-order valence-corrected chi connectivity index (χ0v) is 10.9. The third-order valence-electron chi connectivity index (χ3n) is 2.78. The minimum Gasteiger partial charge on any atom is -0.497 e. The summed E-state index contributed by atoms with van der Waals surface area (Å²) in [7, 11) is 3.27. The molecule has 0 aliphatic heterocycles. The number of fused-ring (bicyclic) bond motifs is 1. The van der Waals surface area contributed by atoms with Gasteiger partial charge in [0, 0.05) is 11.5 Å². The Bertz CT molecular complexity index is 668. The van der Waals surface area contributed by atoms with Crippen LogP contribution >= 0.6 is 11.3 Å². The first-order chi connectivity index (χ1) is 8.81. The summed E-state index contributed by atoms with van der Waals surface area (Å²) in [6.45, 7) is 0. The highest BCUT2D eigenvalue weighted by Crippen LogP contribution is 2.37. The van der Waals surface area contributed by atoms with E-state index in [4.69, 9.17) is 13.9 Å². The fourth-order valence-corrected chi connectivity index (χ4v) is 2.58. The molecule has 3 rings (SSSR count). The maximum absolute atomic E-state index is 5.86. The van der Waals surface area contributed by atoms with Crippen molar-refractivity contribution < 1.29 is 13.9 Å². The first-order valence-electron chi connectivity index (χ1n) is 5.51. The van der Waals surface area contributed by atoms with E-state index in [1.165, 1.54) is 0 Å². The first-order valence-corrected chi connectivity index (χ1v) is 6.39. The Morgan fingerprint density at radius 2 is 2.00 bits per heavy atom. The Balaban J connectivity index is 2.22. The van der Waals surface area contributed by atoms with E-state index in [0.29, 0.717) is 5.75 Å². The van der Waals surface area contributed by atoms with Gasteiger partial charge in [0.1, 0.15) is 11.5 Å².